The fourth-order valence-corrected chi connectivity index (χ4v) is 2.19. The van der Waals surface area contributed by atoms with Gasteiger partial charge in [0.1, 0.15) is 0 Å². The Morgan fingerprint density at radius 2 is 2.12 bits per heavy atom. The number of hydrogen-bond acceptors (Lipinski definition) is 4. The largest absolute Gasteiger partial charge is 0.381 e. The number of carbonyl (C=O) groups excluding carboxylic acids is 1. The minimum Gasteiger partial charge on any atom is -0.381 e. The van der Waals surface area contributed by atoms with E-state index in [4.69, 9.17) is 4.74 Å². The van der Waals surface area contributed by atoms with Crippen molar-refractivity contribution in [1.82, 2.24) is 20.9 Å². The second kappa shape index (κ2) is 13.7. The SMILES string of the molecule is CCNC(=NCCCOCC1CC1)NCCNC(=O)c1cccnc1.I. The summed E-state index contributed by atoms with van der Waals surface area (Å²) >= 11 is 0. The third-order valence-electron chi connectivity index (χ3n) is 3.74. The average molecular weight is 475 g/mol. The molecule has 1 aliphatic rings. The standard InChI is InChI=1S/C18H29N5O2.HI/c1-2-20-18(22-9-4-12-25-14-15-6-7-15)23-11-10-21-17(24)16-5-3-8-19-13-16;/h3,5,8,13,15H,2,4,6-7,9-12,14H2,1H3,(H,21,24)(H2,20,22,23);1H. The van der Waals surface area contributed by atoms with Crippen molar-refractivity contribution in [3.05, 3.63) is 30.1 Å². The van der Waals surface area contributed by atoms with Gasteiger partial charge in [0, 0.05) is 51.8 Å². The summed E-state index contributed by atoms with van der Waals surface area (Å²) in [6.45, 7) is 6.34. The summed E-state index contributed by atoms with van der Waals surface area (Å²) in [6, 6.07) is 3.49. The zero-order valence-corrected chi connectivity index (χ0v) is 17.7. The van der Waals surface area contributed by atoms with Crippen molar-refractivity contribution < 1.29 is 9.53 Å². The van der Waals surface area contributed by atoms with Crippen LogP contribution in [0.1, 0.15) is 36.5 Å². The van der Waals surface area contributed by atoms with Crippen LogP contribution >= 0.6 is 24.0 Å². The van der Waals surface area contributed by atoms with E-state index in [1.165, 1.54) is 12.8 Å². The van der Waals surface area contributed by atoms with Gasteiger partial charge in [0.05, 0.1) is 5.56 Å². The Morgan fingerprint density at radius 3 is 2.81 bits per heavy atom. The molecule has 1 saturated carbocycles. The summed E-state index contributed by atoms with van der Waals surface area (Å²) in [7, 11) is 0. The lowest BCUT2D eigenvalue weighted by Crippen LogP contribution is -2.41. The van der Waals surface area contributed by atoms with E-state index in [0.717, 1.165) is 44.6 Å². The highest BCUT2D eigenvalue weighted by Crippen LogP contribution is 2.28. The Labute approximate surface area is 172 Å². The minimum absolute atomic E-state index is 0. The molecule has 1 aromatic rings. The molecular weight excluding hydrogens is 445 g/mol. The van der Waals surface area contributed by atoms with Crippen molar-refractivity contribution in [2.24, 2.45) is 10.9 Å². The van der Waals surface area contributed by atoms with E-state index in [-0.39, 0.29) is 29.9 Å². The number of ether oxygens (including phenoxy) is 1. The fourth-order valence-electron chi connectivity index (χ4n) is 2.19. The Hall–Kier alpha value is -1.42. The molecule has 8 heteroatoms. The van der Waals surface area contributed by atoms with Gasteiger partial charge >= 0.3 is 0 Å². The number of aliphatic imine (C=N–C) groups is 1. The van der Waals surface area contributed by atoms with Crippen molar-refractivity contribution in [1.29, 1.82) is 0 Å². The lowest BCUT2D eigenvalue weighted by atomic mass is 10.3. The normalized spacial score (nSPS) is 13.7. The summed E-state index contributed by atoms with van der Waals surface area (Å²) in [6.07, 6.45) is 6.77. The van der Waals surface area contributed by atoms with Crippen molar-refractivity contribution in [2.75, 3.05) is 39.4 Å². The molecule has 0 radical (unpaired) electrons. The summed E-state index contributed by atoms with van der Waals surface area (Å²) in [5.41, 5.74) is 0.564. The number of aromatic nitrogens is 1. The van der Waals surface area contributed by atoms with E-state index in [9.17, 15) is 4.79 Å². The first-order valence-corrected chi connectivity index (χ1v) is 9.07. The minimum atomic E-state index is -0.121. The smallest absolute Gasteiger partial charge is 0.252 e. The molecule has 0 atom stereocenters. The Kier molecular flexibility index (Phi) is 12.0. The van der Waals surface area contributed by atoms with Crippen molar-refractivity contribution >= 4 is 35.8 Å². The molecule has 2 rings (SSSR count). The molecule has 0 aliphatic heterocycles. The van der Waals surface area contributed by atoms with Crippen LogP contribution in [0.25, 0.3) is 0 Å². The van der Waals surface area contributed by atoms with E-state index in [2.05, 4.69) is 25.9 Å². The monoisotopic (exact) mass is 475 g/mol. The third-order valence-corrected chi connectivity index (χ3v) is 3.74. The molecular formula is C18H30IN5O2. The van der Waals surface area contributed by atoms with Crippen LogP contribution in [0.4, 0.5) is 0 Å². The van der Waals surface area contributed by atoms with Crippen LogP contribution in [0.3, 0.4) is 0 Å². The summed E-state index contributed by atoms with van der Waals surface area (Å²) in [5.74, 6) is 1.45. The number of halogens is 1. The highest BCUT2D eigenvalue weighted by atomic mass is 127. The molecule has 26 heavy (non-hydrogen) atoms. The molecule has 0 spiro atoms. The van der Waals surface area contributed by atoms with Crippen molar-refractivity contribution in [2.45, 2.75) is 26.2 Å². The molecule has 1 amide bonds. The number of nitrogens with zero attached hydrogens (tertiary/aromatic N) is 2. The average Bonchev–Trinajstić information content (AvgIpc) is 3.46. The van der Waals surface area contributed by atoms with E-state index in [1.54, 1.807) is 24.5 Å². The van der Waals surface area contributed by atoms with Gasteiger partial charge in [-0.15, -0.1) is 24.0 Å². The van der Waals surface area contributed by atoms with Gasteiger partial charge in [-0.25, -0.2) is 0 Å². The summed E-state index contributed by atoms with van der Waals surface area (Å²) in [5, 5.41) is 9.26. The molecule has 1 aliphatic carbocycles. The summed E-state index contributed by atoms with van der Waals surface area (Å²) < 4.78 is 5.60. The van der Waals surface area contributed by atoms with Gasteiger partial charge in [0.15, 0.2) is 5.96 Å². The van der Waals surface area contributed by atoms with Crippen LogP contribution in [0.2, 0.25) is 0 Å². The van der Waals surface area contributed by atoms with Gasteiger partial charge < -0.3 is 20.7 Å². The van der Waals surface area contributed by atoms with Crippen LogP contribution in [0, 0.1) is 5.92 Å². The number of pyridine rings is 1. The number of rotatable bonds is 11. The maximum absolute atomic E-state index is 11.9. The Balaban J connectivity index is 0.00000338. The quantitative estimate of drug-likeness (QED) is 0.197. The zero-order valence-electron chi connectivity index (χ0n) is 15.4. The highest BCUT2D eigenvalue weighted by Gasteiger charge is 2.20. The van der Waals surface area contributed by atoms with Crippen LogP contribution < -0.4 is 16.0 Å². The molecule has 0 saturated heterocycles. The van der Waals surface area contributed by atoms with E-state index in [1.807, 2.05) is 6.92 Å². The lowest BCUT2D eigenvalue weighted by molar-refractivity contribution is 0.0954. The number of amides is 1. The zero-order chi connectivity index (χ0) is 17.7. The molecule has 146 valence electrons. The molecule has 0 unspecified atom stereocenters. The van der Waals surface area contributed by atoms with Crippen molar-refractivity contribution in [3.8, 4) is 0 Å². The molecule has 1 fully saturated rings. The molecule has 1 aromatic heterocycles. The van der Waals surface area contributed by atoms with Crippen LogP contribution in [-0.2, 0) is 4.74 Å². The maximum atomic E-state index is 11.9. The van der Waals surface area contributed by atoms with E-state index in [0.29, 0.717) is 18.7 Å². The van der Waals surface area contributed by atoms with Gasteiger partial charge in [-0.3, -0.25) is 14.8 Å². The van der Waals surface area contributed by atoms with Gasteiger partial charge in [-0.05, 0) is 44.2 Å². The number of hydrogen-bond donors (Lipinski definition) is 3. The van der Waals surface area contributed by atoms with Crippen LogP contribution in [0.5, 0.6) is 0 Å². The van der Waals surface area contributed by atoms with Gasteiger partial charge in [-0.2, -0.15) is 0 Å². The van der Waals surface area contributed by atoms with E-state index < -0.39 is 0 Å². The predicted octanol–water partition coefficient (Wildman–Crippen LogP) is 1.80. The maximum Gasteiger partial charge on any atom is 0.252 e. The first-order valence-electron chi connectivity index (χ1n) is 9.07. The lowest BCUT2D eigenvalue weighted by Gasteiger charge is -2.12. The van der Waals surface area contributed by atoms with Gasteiger partial charge in [-0.1, -0.05) is 0 Å². The van der Waals surface area contributed by atoms with Gasteiger partial charge in [0.25, 0.3) is 5.91 Å². The molecule has 0 bridgehead atoms. The van der Waals surface area contributed by atoms with Crippen LogP contribution in [-0.4, -0.2) is 56.2 Å². The second-order valence-electron chi connectivity index (χ2n) is 6.06. The number of nitrogens with one attached hydrogen (secondary N) is 3. The first kappa shape index (κ1) is 22.6. The second-order valence-corrected chi connectivity index (χ2v) is 6.06. The fraction of sp³-hybridized carbons (Fsp3) is 0.611. The third kappa shape index (κ3) is 9.91. The summed E-state index contributed by atoms with van der Waals surface area (Å²) in [4.78, 5) is 20.4. The van der Waals surface area contributed by atoms with Crippen LogP contribution in [0.15, 0.2) is 29.5 Å². The first-order chi connectivity index (χ1) is 12.3. The van der Waals surface area contributed by atoms with E-state index >= 15 is 0 Å². The number of guanidine groups is 1. The number of carbonyl (C=O) groups is 1. The Morgan fingerprint density at radius 1 is 1.31 bits per heavy atom. The predicted molar refractivity (Wildman–Crippen MR) is 114 cm³/mol. The Bertz CT molecular complexity index is 538. The van der Waals surface area contributed by atoms with Crippen molar-refractivity contribution in [3.63, 3.8) is 0 Å². The van der Waals surface area contributed by atoms with Gasteiger partial charge in [0.2, 0.25) is 0 Å². The molecule has 0 aromatic carbocycles. The highest BCUT2D eigenvalue weighted by molar-refractivity contribution is 14.0. The molecule has 1 heterocycles. The molecule has 7 nitrogen and oxygen atoms in total. The topological polar surface area (TPSA) is 87.6 Å². The molecule has 3 N–H and O–H groups in total.